The lowest BCUT2D eigenvalue weighted by molar-refractivity contribution is -0.131. The molecule has 0 aromatic carbocycles. The second kappa shape index (κ2) is 10.5. The Morgan fingerprint density at radius 1 is 1.00 bits per heavy atom. The average Bonchev–Trinajstić information content (AvgIpc) is 2.72. The molecule has 1 amide bonds. The molecule has 0 bridgehead atoms. The van der Waals surface area contributed by atoms with E-state index < -0.39 is 0 Å². The number of piperidine rings is 1. The van der Waals surface area contributed by atoms with Crippen molar-refractivity contribution in [3.8, 4) is 0 Å². The van der Waals surface area contributed by atoms with Gasteiger partial charge in [-0.15, -0.1) is 0 Å². The molecule has 0 radical (unpaired) electrons. The van der Waals surface area contributed by atoms with E-state index in [-0.39, 0.29) is 0 Å². The zero-order valence-corrected chi connectivity index (χ0v) is 16.0. The average molecular weight is 359 g/mol. The lowest BCUT2D eigenvalue weighted by Crippen LogP contribution is -2.48. The van der Waals surface area contributed by atoms with Crippen LogP contribution in [0, 0.1) is 5.92 Å². The summed E-state index contributed by atoms with van der Waals surface area (Å²) in [6.45, 7) is 5.94. The summed E-state index contributed by atoms with van der Waals surface area (Å²) in [7, 11) is 0. The summed E-state index contributed by atoms with van der Waals surface area (Å²) in [5.41, 5.74) is 1.21. The second-order valence-electron chi connectivity index (χ2n) is 7.72. The molecule has 2 saturated heterocycles. The lowest BCUT2D eigenvalue weighted by atomic mass is 9.92. The number of aromatic nitrogens is 1. The molecule has 2 aliphatic rings. The number of nitrogens with one attached hydrogen (secondary N) is 1. The van der Waals surface area contributed by atoms with Crippen LogP contribution in [0.25, 0.3) is 0 Å². The van der Waals surface area contributed by atoms with E-state index in [9.17, 15) is 4.79 Å². The standard InChI is InChI=1S/C21H34N4O/c26-21(6-4-2-1-3-5-19-7-11-22-12-8-19)25-17-15-24(16-18-25)20-9-13-23-14-10-20/h9-10,13-14,19,22H,1-8,11-12,15-18H2. The first-order chi connectivity index (χ1) is 12.8. The monoisotopic (exact) mass is 358 g/mol. The first-order valence-corrected chi connectivity index (χ1v) is 10.5. The van der Waals surface area contributed by atoms with E-state index >= 15 is 0 Å². The molecular weight excluding hydrogens is 324 g/mol. The van der Waals surface area contributed by atoms with Crippen molar-refractivity contribution in [3.05, 3.63) is 24.5 Å². The van der Waals surface area contributed by atoms with E-state index in [1.807, 2.05) is 29.4 Å². The number of rotatable bonds is 8. The largest absolute Gasteiger partial charge is 0.368 e. The number of anilines is 1. The molecule has 1 N–H and O–H groups in total. The minimum absolute atomic E-state index is 0.345. The number of pyridine rings is 1. The molecule has 0 aliphatic carbocycles. The highest BCUT2D eigenvalue weighted by molar-refractivity contribution is 5.76. The molecule has 0 unspecified atom stereocenters. The van der Waals surface area contributed by atoms with Gasteiger partial charge in [-0.2, -0.15) is 0 Å². The maximum absolute atomic E-state index is 12.4. The molecule has 3 rings (SSSR count). The van der Waals surface area contributed by atoms with Crippen LogP contribution >= 0.6 is 0 Å². The highest BCUT2D eigenvalue weighted by atomic mass is 16.2. The van der Waals surface area contributed by atoms with Crippen molar-refractivity contribution >= 4 is 11.6 Å². The fourth-order valence-electron chi connectivity index (χ4n) is 4.16. The Kier molecular flexibility index (Phi) is 7.74. The molecule has 5 nitrogen and oxygen atoms in total. The second-order valence-corrected chi connectivity index (χ2v) is 7.72. The molecule has 2 fully saturated rings. The Balaban J connectivity index is 1.24. The van der Waals surface area contributed by atoms with Gasteiger partial charge in [0.2, 0.25) is 5.91 Å². The van der Waals surface area contributed by atoms with Crippen LogP contribution in [-0.2, 0) is 4.79 Å². The quantitative estimate of drug-likeness (QED) is 0.726. The van der Waals surface area contributed by atoms with Crippen LogP contribution in [0.3, 0.4) is 0 Å². The van der Waals surface area contributed by atoms with Crippen molar-refractivity contribution in [3.63, 3.8) is 0 Å². The maximum atomic E-state index is 12.4. The SMILES string of the molecule is O=C(CCCCCCC1CCNCC1)N1CCN(c2ccncc2)CC1. The number of amides is 1. The maximum Gasteiger partial charge on any atom is 0.222 e. The summed E-state index contributed by atoms with van der Waals surface area (Å²) in [6.07, 6.45) is 13.3. The number of carbonyl (C=O) groups is 1. The van der Waals surface area contributed by atoms with Crippen molar-refractivity contribution in [2.45, 2.75) is 51.4 Å². The molecule has 26 heavy (non-hydrogen) atoms. The summed E-state index contributed by atoms with van der Waals surface area (Å²) < 4.78 is 0. The van der Waals surface area contributed by atoms with Gasteiger partial charge in [-0.25, -0.2) is 0 Å². The molecule has 2 aliphatic heterocycles. The molecule has 1 aromatic heterocycles. The van der Waals surface area contributed by atoms with Gasteiger partial charge in [0.15, 0.2) is 0 Å². The minimum Gasteiger partial charge on any atom is -0.368 e. The van der Waals surface area contributed by atoms with Gasteiger partial charge in [0.05, 0.1) is 0 Å². The van der Waals surface area contributed by atoms with Crippen molar-refractivity contribution in [2.75, 3.05) is 44.2 Å². The van der Waals surface area contributed by atoms with Gasteiger partial charge in [0.1, 0.15) is 0 Å². The third-order valence-electron chi connectivity index (χ3n) is 5.87. The molecule has 0 saturated carbocycles. The van der Waals surface area contributed by atoms with Crippen LogP contribution in [0.2, 0.25) is 0 Å². The van der Waals surface area contributed by atoms with E-state index in [0.29, 0.717) is 5.91 Å². The molecule has 1 aromatic rings. The van der Waals surface area contributed by atoms with Gasteiger partial charge in [0, 0.05) is 50.7 Å². The summed E-state index contributed by atoms with van der Waals surface area (Å²) in [5, 5.41) is 3.43. The van der Waals surface area contributed by atoms with Gasteiger partial charge in [-0.1, -0.05) is 25.7 Å². The van der Waals surface area contributed by atoms with Gasteiger partial charge < -0.3 is 15.1 Å². The van der Waals surface area contributed by atoms with Crippen LogP contribution in [-0.4, -0.2) is 55.1 Å². The van der Waals surface area contributed by atoms with E-state index in [2.05, 4.69) is 15.2 Å². The van der Waals surface area contributed by atoms with Crippen molar-refractivity contribution in [2.24, 2.45) is 5.92 Å². The zero-order chi connectivity index (χ0) is 18.0. The third kappa shape index (κ3) is 5.97. The molecule has 144 valence electrons. The van der Waals surface area contributed by atoms with Crippen LogP contribution in [0.1, 0.15) is 51.4 Å². The highest BCUT2D eigenvalue weighted by Crippen LogP contribution is 2.20. The van der Waals surface area contributed by atoms with Crippen LogP contribution < -0.4 is 10.2 Å². The summed E-state index contributed by atoms with van der Waals surface area (Å²) >= 11 is 0. The van der Waals surface area contributed by atoms with E-state index in [0.717, 1.165) is 44.9 Å². The predicted molar refractivity (Wildman–Crippen MR) is 106 cm³/mol. The van der Waals surface area contributed by atoms with Crippen LogP contribution in [0.15, 0.2) is 24.5 Å². The Morgan fingerprint density at radius 3 is 2.42 bits per heavy atom. The molecular formula is C21H34N4O. The number of hydrogen-bond donors (Lipinski definition) is 1. The third-order valence-corrected chi connectivity index (χ3v) is 5.87. The highest BCUT2D eigenvalue weighted by Gasteiger charge is 2.20. The fourth-order valence-corrected chi connectivity index (χ4v) is 4.16. The molecule has 0 spiro atoms. The fraction of sp³-hybridized carbons (Fsp3) is 0.714. The zero-order valence-electron chi connectivity index (χ0n) is 16.0. The normalized spacial score (nSPS) is 18.9. The number of hydrogen-bond acceptors (Lipinski definition) is 4. The molecule has 3 heterocycles. The Bertz CT molecular complexity index is 522. The topological polar surface area (TPSA) is 48.5 Å². The van der Waals surface area contributed by atoms with E-state index in [1.165, 1.54) is 57.3 Å². The van der Waals surface area contributed by atoms with Gasteiger partial charge in [-0.3, -0.25) is 9.78 Å². The van der Waals surface area contributed by atoms with E-state index in [1.54, 1.807) is 0 Å². The van der Waals surface area contributed by atoms with Crippen molar-refractivity contribution in [1.29, 1.82) is 0 Å². The smallest absolute Gasteiger partial charge is 0.222 e. The Hall–Kier alpha value is -1.62. The van der Waals surface area contributed by atoms with Crippen LogP contribution in [0.4, 0.5) is 5.69 Å². The summed E-state index contributed by atoms with van der Waals surface area (Å²) in [4.78, 5) is 20.9. The minimum atomic E-state index is 0.345. The van der Waals surface area contributed by atoms with Crippen molar-refractivity contribution < 1.29 is 4.79 Å². The Labute approximate surface area is 158 Å². The number of unbranched alkanes of at least 4 members (excludes halogenated alkanes) is 3. The van der Waals surface area contributed by atoms with Crippen molar-refractivity contribution in [1.82, 2.24) is 15.2 Å². The summed E-state index contributed by atoms with van der Waals surface area (Å²) in [5.74, 6) is 1.28. The first kappa shape index (κ1) is 19.2. The van der Waals surface area contributed by atoms with Gasteiger partial charge >= 0.3 is 0 Å². The number of nitrogens with zero attached hydrogens (tertiary/aromatic N) is 3. The number of piperazine rings is 1. The molecule has 0 atom stereocenters. The van der Waals surface area contributed by atoms with Crippen LogP contribution in [0.5, 0.6) is 0 Å². The Morgan fingerprint density at radius 2 is 1.69 bits per heavy atom. The van der Waals surface area contributed by atoms with Gasteiger partial charge in [0.25, 0.3) is 0 Å². The predicted octanol–water partition coefficient (Wildman–Crippen LogP) is 3.07. The van der Waals surface area contributed by atoms with E-state index in [4.69, 9.17) is 0 Å². The lowest BCUT2D eigenvalue weighted by Gasteiger charge is -2.36. The molecule has 5 heteroatoms. The number of carbonyl (C=O) groups excluding carboxylic acids is 1. The first-order valence-electron chi connectivity index (χ1n) is 10.5. The summed E-state index contributed by atoms with van der Waals surface area (Å²) in [6, 6.07) is 4.09. The van der Waals surface area contributed by atoms with Gasteiger partial charge in [-0.05, 0) is 50.4 Å².